The minimum absolute atomic E-state index is 0.255. The van der Waals surface area contributed by atoms with Crippen LogP contribution in [0.1, 0.15) is 20.7 Å². The first-order valence-corrected chi connectivity index (χ1v) is 9.40. The second-order valence-electron chi connectivity index (χ2n) is 6.91. The third-order valence-electron chi connectivity index (χ3n) is 4.32. The van der Waals surface area contributed by atoms with Gasteiger partial charge in [0, 0.05) is 11.1 Å². The van der Waals surface area contributed by atoms with E-state index in [9.17, 15) is 84.2 Å². The lowest BCUT2D eigenvalue weighted by molar-refractivity contribution is -0.365. The monoisotopic (exact) mass is 648 g/mol. The number of carbonyl (C=O) groups is 2. The summed E-state index contributed by atoms with van der Waals surface area (Å²) in [6.45, 7) is 0. The van der Waals surface area contributed by atoms with Gasteiger partial charge in [0.2, 0.25) is 5.76 Å². The third-order valence-corrected chi connectivity index (χ3v) is 4.75. The molecule has 1 rings (SSSR count). The number of alkyl halides is 17. The Balaban J connectivity index is 4.63. The molecule has 0 heterocycles. The molecule has 0 amide bonds. The smallest absolute Gasteiger partial charge is 0.449 e. The molecule has 1 aromatic carbocycles. The van der Waals surface area contributed by atoms with Gasteiger partial charge in [-0.25, -0.2) is 8.78 Å². The topological polar surface area (TPSA) is 43.4 Å². The number of carbonyl (C=O) groups excluding carboxylic acids is 2. The molecule has 0 radical (unpaired) electrons. The average Bonchev–Trinajstić information content (AvgIpc) is 2.68. The van der Waals surface area contributed by atoms with Gasteiger partial charge in [0.25, 0.3) is 10.5 Å². The van der Waals surface area contributed by atoms with Gasteiger partial charge < -0.3 is 4.74 Å². The third kappa shape index (κ3) is 6.30. The molecule has 0 aliphatic heterocycles. The molecule has 3 nitrogen and oxygen atoms in total. The zero-order valence-corrected chi connectivity index (χ0v) is 18.6. The zero-order chi connectivity index (χ0) is 31.4. The van der Waals surface area contributed by atoms with Crippen LogP contribution < -0.4 is 4.74 Å². The van der Waals surface area contributed by atoms with Crippen molar-refractivity contribution in [1.82, 2.24) is 0 Å². The van der Waals surface area contributed by atoms with Crippen LogP contribution in [-0.2, 0) is 0 Å². The van der Waals surface area contributed by atoms with Gasteiger partial charge in [-0.15, -0.1) is 0 Å². The Bertz CT molecular complexity index is 1060. The Morgan fingerprint density at radius 3 is 1.03 bits per heavy atom. The summed E-state index contributed by atoms with van der Waals surface area (Å²) >= 11 is 9.85. The Morgan fingerprint density at radius 2 is 0.821 bits per heavy atom. The highest BCUT2D eigenvalue weighted by atomic mass is 35.5. The minimum atomic E-state index is -8.39. The lowest BCUT2D eigenvalue weighted by Gasteiger charge is -2.41. The molecule has 0 spiro atoms. The minimum Gasteiger partial charge on any atom is -0.452 e. The van der Waals surface area contributed by atoms with E-state index in [1.807, 2.05) is 0 Å². The summed E-state index contributed by atoms with van der Waals surface area (Å²) < 4.78 is 232. The molecule has 0 N–H and O–H groups in total. The van der Waals surface area contributed by atoms with E-state index in [4.69, 9.17) is 23.2 Å². The van der Waals surface area contributed by atoms with E-state index in [0.29, 0.717) is 0 Å². The molecule has 0 saturated carbocycles. The Hall–Kier alpha value is -2.51. The summed E-state index contributed by atoms with van der Waals surface area (Å²) in [5, 5.41) is -3.65. The molecule has 0 bridgehead atoms. The van der Waals surface area contributed by atoms with Crippen LogP contribution in [-0.4, -0.2) is 52.7 Å². The molecule has 0 atom stereocenters. The fourth-order valence-corrected chi connectivity index (χ4v) is 2.91. The lowest BCUT2D eigenvalue weighted by atomic mass is 9.79. The van der Waals surface area contributed by atoms with Crippen molar-refractivity contribution < 1.29 is 89.0 Å². The van der Waals surface area contributed by atoms with E-state index in [0.717, 1.165) is 0 Å². The van der Waals surface area contributed by atoms with Crippen LogP contribution >= 0.6 is 23.2 Å². The van der Waals surface area contributed by atoms with Crippen LogP contribution in [0.25, 0.3) is 0 Å². The van der Waals surface area contributed by atoms with Crippen molar-refractivity contribution in [3.63, 3.8) is 0 Å². The summed E-state index contributed by atoms with van der Waals surface area (Å²) in [7, 11) is 0. The highest BCUT2D eigenvalue weighted by Gasteiger charge is 2.88. The Morgan fingerprint density at radius 1 is 0.538 bits per heavy atom. The molecular weight excluding hydrogens is 646 g/mol. The lowest BCUT2D eigenvalue weighted by Crippen LogP contribution is -2.67. The molecule has 0 saturated heterocycles. The average molecular weight is 649 g/mol. The van der Waals surface area contributed by atoms with Crippen molar-refractivity contribution in [2.45, 2.75) is 42.2 Å². The summed E-state index contributed by atoms with van der Waals surface area (Å²) in [5.41, 5.74) is -25.1. The largest absolute Gasteiger partial charge is 0.452 e. The number of benzene rings is 1. The maximum absolute atomic E-state index is 14.6. The standard InChI is InChI=1S/C17H3Cl2F17O3/c18-9(37)4-1-5(10(19)38)3-6(2-4)39-8(13(22,23)24)7(11(20,14(25,26)27)15(28,29)30)12(21,16(31,32)33)17(34,35)36/h1-3H. The number of halogens is 19. The Labute approximate surface area is 212 Å². The summed E-state index contributed by atoms with van der Waals surface area (Å²) in [6.07, 6.45) is -40.2. The molecule has 39 heavy (non-hydrogen) atoms. The predicted molar refractivity (Wildman–Crippen MR) is 92.4 cm³/mol. The van der Waals surface area contributed by atoms with Crippen LogP contribution in [0.5, 0.6) is 5.75 Å². The molecule has 222 valence electrons. The van der Waals surface area contributed by atoms with E-state index in [2.05, 4.69) is 4.74 Å². The van der Waals surface area contributed by atoms with Crippen molar-refractivity contribution in [2.75, 3.05) is 0 Å². The van der Waals surface area contributed by atoms with Crippen molar-refractivity contribution >= 4 is 33.7 Å². The molecule has 0 unspecified atom stereocenters. The zero-order valence-electron chi connectivity index (χ0n) is 17.1. The fourth-order valence-electron chi connectivity index (χ4n) is 2.69. The van der Waals surface area contributed by atoms with Gasteiger partial charge in [0.05, 0.1) is 5.57 Å². The highest BCUT2D eigenvalue weighted by Crippen LogP contribution is 2.63. The first-order valence-electron chi connectivity index (χ1n) is 8.64. The molecule has 0 aliphatic carbocycles. The SMILES string of the molecule is O=C(Cl)c1cc(OC(=C(C(F)(C(F)(F)F)C(F)(F)F)C(F)(C(F)(F)F)C(F)(F)F)C(F)(F)F)cc(C(=O)Cl)c1. The summed E-state index contributed by atoms with van der Waals surface area (Å²) in [4.78, 5) is 22.5. The van der Waals surface area contributed by atoms with Gasteiger partial charge in [-0.3, -0.25) is 9.59 Å². The molecular formula is C17H3Cl2F17O3. The predicted octanol–water partition coefficient (Wildman–Crippen LogP) is 8.31. The van der Waals surface area contributed by atoms with Crippen LogP contribution in [0.2, 0.25) is 0 Å². The van der Waals surface area contributed by atoms with E-state index >= 15 is 0 Å². The van der Waals surface area contributed by atoms with Crippen LogP contribution in [0.4, 0.5) is 74.6 Å². The van der Waals surface area contributed by atoms with Gasteiger partial charge in [0.1, 0.15) is 5.75 Å². The van der Waals surface area contributed by atoms with Gasteiger partial charge in [0.15, 0.2) is 0 Å². The Kier molecular flexibility index (Phi) is 8.98. The van der Waals surface area contributed by atoms with E-state index < -0.39 is 80.9 Å². The van der Waals surface area contributed by atoms with Crippen LogP contribution in [0, 0.1) is 0 Å². The fraction of sp³-hybridized carbons (Fsp3) is 0.412. The second kappa shape index (κ2) is 10.2. The van der Waals surface area contributed by atoms with Gasteiger partial charge >= 0.3 is 42.2 Å². The molecule has 0 fully saturated rings. The van der Waals surface area contributed by atoms with Crippen LogP contribution in [0.15, 0.2) is 29.5 Å². The number of rotatable bonds is 6. The molecule has 0 aromatic heterocycles. The number of hydrogen-bond acceptors (Lipinski definition) is 3. The van der Waals surface area contributed by atoms with Gasteiger partial charge in [-0.2, -0.15) is 65.9 Å². The molecule has 1 aromatic rings. The number of hydrogen-bond donors (Lipinski definition) is 0. The summed E-state index contributed by atoms with van der Waals surface area (Å²) in [5.74, 6) is -6.96. The normalized spacial score (nSPS) is 14.2. The number of ether oxygens (including phenoxy) is 1. The quantitative estimate of drug-likeness (QED) is 0.177. The molecule has 22 heteroatoms. The van der Waals surface area contributed by atoms with E-state index in [1.165, 1.54) is 0 Å². The highest BCUT2D eigenvalue weighted by molar-refractivity contribution is 6.69. The maximum Gasteiger partial charge on any atom is 0.449 e. The molecule has 0 aliphatic rings. The van der Waals surface area contributed by atoms with Crippen molar-refractivity contribution in [3.05, 3.63) is 40.7 Å². The van der Waals surface area contributed by atoms with Gasteiger partial charge in [-0.1, -0.05) is 0 Å². The van der Waals surface area contributed by atoms with E-state index in [-0.39, 0.29) is 18.2 Å². The maximum atomic E-state index is 14.6. The van der Waals surface area contributed by atoms with Crippen molar-refractivity contribution in [3.8, 4) is 5.75 Å². The van der Waals surface area contributed by atoms with Gasteiger partial charge in [-0.05, 0) is 41.4 Å². The summed E-state index contributed by atoms with van der Waals surface area (Å²) in [6, 6.07) is -0.292. The van der Waals surface area contributed by atoms with E-state index in [1.54, 1.807) is 0 Å². The first kappa shape index (κ1) is 34.5. The van der Waals surface area contributed by atoms with Crippen molar-refractivity contribution in [1.29, 1.82) is 0 Å². The van der Waals surface area contributed by atoms with Crippen LogP contribution in [0.3, 0.4) is 0 Å². The number of allylic oxidation sites excluding steroid dienone is 2. The second-order valence-corrected chi connectivity index (χ2v) is 7.59. The van der Waals surface area contributed by atoms with Crippen molar-refractivity contribution in [2.24, 2.45) is 0 Å². The first-order chi connectivity index (χ1) is 16.9.